The van der Waals surface area contributed by atoms with E-state index in [0.29, 0.717) is 33.4 Å². The van der Waals surface area contributed by atoms with Crippen molar-refractivity contribution in [2.24, 2.45) is 0 Å². The van der Waals surface area contributed by atoms with Gasteiger partial charge in [0.1, 0.15) is 0 Å². The van der Waals surface area contributed by atoms with Crippen molar-refractivity contribution < 1.29 is 9.47 Å². The number of thiazole rings is 1. The van der Waals surface area contributed by atoms with Crippen LogP contribution in [0.3, 0.4) is 0 Å². The van der Waals surface area contributed by atoms with Crippen molar-refractivity contribution in [1.29, 1.82) is 0 Å². The molecule has 2 aromatic carbocycles. The minimum atomic E-state index is -0.180. The maximum absolute atomic E-state index is 12.8. The molecular weight excluding hydrogens is 374 g/mol. The molecule has 28 heavy (non-hydrogen) atoms. The highest BCUT2D eigenvalue weighted by atomic mass is 32.1. The molecule has 0 radical (unpaired) electrons. The van der Waals surface area contributed by atoms with Gasteiger partial charge >= 0.3 is 0 Å². The third-order valence-electron chi connectivity index (χ3n) is 4.35. The van der Waals surface area contributed by atoms with Crippen LogP contribution in [0.1, 0.15) is 18.1 Å². The number of hydrogen-bond donors (Lipinski definition) is 0. The summed E-state index contributed by atoms with van der Waals surface area (Å²) in [6, 6.07) is 13.4. The molecule has 2 heterocycles. The van der Waals surface area contributed by atoms with Crippen molar-refractivity contribution in [3.05, 3.63) is 68.5 Å². The van der Waals surface area contributed by atoms with E-state index in [1.165, 1.54) is 15.9 Å². The van der Waals surface area contributed by atoms with Gasteiger partial charge in [-0.15, -0.1) is 5.10 Å². The van der Waals surface area contributed by atoms with Crippen LogP contribution < -0.4 is 19.6 Å². The lowest BCUT2D eigenvalue weighted by Crippen LogP contribution is -2.23. The molecule has 0 saturated heterocycles. The predicted molar refractivity (Wildman–Crippen MR) is 110 cm³/mol. The van der Waals surface area contributed by atoms with E-state index in [2.05, 4.69) is 10.1 Å². The Morgan fingerprint density at radius 3 is 2.71 bits per heavy atom. The highest BCUT2D eigenvalue weighted by Gasteiger charge is 2.13. The first kappa shape index (κ1) is 18.2. The molecule has 142 valence electrons. The Balaban J connectivity index is 1.76. The van der Waals surface area contributed by atoms with Crippen molar-refractivity contribution in [3.8, 4) is 22.9 Å². The first-order chi connectivity index (χ1) is 13.6. The van der Waals surface area contributed by atoms with Crippen LogP contribution in [0.4, 0.5) is 0 Å². The molecule has 0 aliphatic heterocycles. The van der Waals surface area contributed by atoms with E-state index < -0.39 is 0 Å². The van der Waals surface area contributed by atoms with Crippen molar-refractivity contribution in [2.45, 2.75) is 13.8 Å². The molecule has 4 aromatic rings. The number of fused-ring (bicyclic) bond motifs is 1. The van der Waals surface area contributed by atoms with Gasteiger partial charge in [-0.1, -0.05) is 41.7 Å². The molecule has 7 heteroatoms. The summed E-state index contributed by atoms with van der Waals surface area (Å²) in [6.45, 7) is 4.48. The lowest BCUT2D eigenvalue weighted by molar-refractivity contribution is 0.311. The zero-order chi connectivity index (χ0) is 19.7. The van der Waals surface area contributed by atoms with Crippen LogP contribution in [0.2, 0.25) is 0 Å². The number of ether oxygens (including phenoxy) is 2. The number of aryl methyl sites for hydroxylation is 1. The van der Waals surface area contributed by atoms with Gasteiger partial charge in [0, 0.05) is 5.56 Å². The fourth-order valence-electron chi connectivity index (χ4n) is 2.97. The summed E-state index contributed by atoms with van der Waals surface area (Å²) in [6.07, 6.45) is 1.81. The summed E-state index contributed by atoms with van der Waals surface area (Å²) in [5, 5.41) is 4.42. The van der Waals surface area contributed by atoms with E-state index in [1.54, 1.807) is 7.11 Å². The topological polar surface area (TPSA) is 65.7 Å². The molecule has 6 nitrogen and oxygen atoms in total. The molecule has 4 rings (SSSR count). The second-order valence-corrected chi connectivity index (χ2v) is 7.21. The number of nitrogens with zero attached hydrogens (tertiary/aromatic N) is 3. The summed E-state index contributed by atoms with van der Waals surface area (Å²) < 4.78 is 12.8. The van der Waals surface area contributed by atoms with Crippen molar-refractivity contribution in [3.63, 3.8) is 0 Å². The van der Waals surface area contributed by atoms with Gasteiger partial charge in [-0.05, 0) is 43.2 Å². The van der Waals surface area contributed by atoms with Crippen molar-refractivity contribution in [1.82, 2.24) is 14.6 Å². The number of hydrogen-bond acceptors (Lipinski definition) is 6. The molecule has 0 aliphatic carbocycles. The van der Waals surface area contributed by atoms with E-state index in [0.717, 1.165) is 16.7 Å². The first-order valence-corrected chi connectivity index (χ1v) is 9.70. The van der Waals surface area contributed by atoms with Crippen LogP contribution in [0, 0.1) is 6.92 Å². The Morgan fingerprint density at radius 1 is 1.18 bits per heavy atom. The minimum absolute atomic E-state index is 0.180. The SMILES string of the molecule is CCOc1ccc(/C=c2\sc3nc(-c4ccccc4C)nn3c2=O)cc1OC. The first-order valence-electron chi connectivity index (χ1n) is 8.89. The van der Waals surface area contributed by atoms with E-state index >= 15 is 0 Å². The molecule has 2 aromatic heterocycles. The summed E-state index contributed by atoms with van der Waals surface area (Å²) in [7, 11) is 1.59. The molecule has 0 fully saturated rings. The predicted octanol–water partition coefficient (Wildman–Crippen LogP) is 3.08. The molecule has 0 bridgehead atoms. The zero-order valence-corrected chi connectivity index (χ0v) is 16.6. The largest absolute Gasteiger partial charge is 0.493 e. The smallest absolute Gasteiger partial charge is 0.291 e. The summed E-state index contributed by atoms with van der Waals surface area (Å²) >= 11 is 1.32. The third kappa shape index (κ3) is 3.25. The van der Waals surface area contributed by atoms with Crippen molar-refractivity contribution >= 4 is 22.4 Å². The standard InChI is InChI=1S/C21H19N3O3S/c1-4-27-16-10-9-14(11-17(16)26-3)12-18-20(25)24-21(28-18)22-19(23-24)15-8-6-5-7-13(15)2/h5-12H,4H2,1-3H3/b18-12-. The van der Waals surface area contributed by atoms with E-state index in [-0.39, 0.29) is 5.56 Å². The van der Waals surface area contributed by atoms with Crippen LogP contribution in [0.25, 0.3) is 22.4 Å². The average molecular weight is 393 g/mol. The number of rotatable bonds is 5. The van der Waals surface area contributed by atoms with Crippen LogP contribution in [0.15, 0.2) is 47.3 Å². The van der Waals surface area contributed by atoms with Gasteiger partial charge in [0.05, 0.1) is 18.2 Å². The number of aromatic nitrogens is 3. The second-order valence-electron chi connectivity index (χ2n) is 6.20. The molecule has 0 amide bonds. The number of methoxy groups -OCH3 is 1. The summed E-state index contributed by atoms with van der Waals surface area (Å²) in [4.78, 5) is 17.9. The monoisotopic (exact) mass is 393 g/mol. The lowest BCUT2D eigenvalue weighted by Gasteiger charge is -2.09. The Bertz CT molecular complexity index is 1260. The van der Waals surface area contributed by atoms with Gasteiger partial charge in [0.25, 0.3) is 5.56 Å². The Morgan fingerprint density at radius 2 is 2.00 bits per heavy atom. The molecule has 0 N–H and O–H groups in total. The van der Waals surface area contributed by atoms with Crippen LogP contribution in [-0.2, 0) is 0 Å². The second kappa shape index (κ2) is 7.44. The normalized spacial score (nSPS) is 11.9. The van der Waals surface area contributed by atoms with Crippen LogP contribution in [0.5, 0.6) is 11.5 Å². The van der Waals surface area contributed by atoms with Crippen molar-refractivity contribution in [2.75, 3.05) is 13.7 Å². The maximum atomic E-state index is 12.8. The minimum Gasteiger partial charge on any atom is -0.493 e. The van der Waals surface area contributed by atoms with Gasteiger partial charge in [0.2, 0.25) is 4.96 Å². The fraction of sp³-hybridized carbons (Fsp3) is 0.190. The Kier molecular flexibility index (Phi) is 4.83. The maximum Gasteiger partial charge on any atom is 0.291 e. The average Bonchev–Trinajstić information content (AvgIpc) is 3.23. The lowest BCUT2D eigenvalue weighted by atomic mass is 10.1. The quantitative estimate of drug-likeness (QED) is 0.521. The van der Waals surface area contributed by atoms with Gasteiger partial charge in [-0.2, -0.15) is 9.50 Å². The van der Waals surface area contributed by atoms with Gasteiger partial charge < -0.3 is 9.47 Å². The summed E-state index contributed by atoms with van der Waals surface area (Å²) in [5.74, 6) is 1.87. The molecule has 0 spiro atoms. The summed E-state index contributed by atoms with van der Waals surface area (Å²) in [5.41, 5.74) is 2.67. The van der Waals surface area contributed by atoms with Crippen LogP contribution >= 0.6 is 11.3 Å². The van der Waals surface area contributed by atoms with E-state index in [1.807, 2.05) is 62.4 Å². The van der Waals surface area contributed by atoms with Crippen LogP contribution in [-0.4, -0.2) is 28.3 Å². The van der Waals surface area contributed by atoms with Gasteiger partial charge in [0.15, 0.2) is 17.3 Å². The fourth-order valence-corrected chi connectivity index (χ4v) is 3.88. The molecular formula is C21H19N3O3S. The zero-order valence-electron chi connectivity index (χ0n) is 15.8. The highest BCUT2D eigenvalue weighted by molar-refractivity contribution is 7.15. The Labute approximate surface area is 165 Å². The molecule has 0 unspecified atom stereocenters. The van der Waals surface area contributed by atoms with E-state index in [4.69, 9.17) is 9.47 Å². The molecule has 0 atom stereocenters. The molecule has 0 saturated carbocycles. The molecule has 0 aliphatic rings. The Hall–Kier alpha value is -3.19. The third-order valence-corrected chi connectivity index (χ3v) is 5.31. The van der Waals surface area contributed by atoms with Gasteiger partial charge in [-0.3, -0.25) is 4.79 Å². The van der Waals surface area contributed by atoms with E-state index in [9.17, 15) is 4.79 Å². The van der Waals surface area contributed by atoms with Gasteiger partial charge in [-0.25, -0.2) is 0 Å². The highest BCUT2D eigenvalue weighted by Crippen LogP contribution is 2.28. The number of benzene rings is 2.